The molecule has 0 saturated heterocycles. The van der Waals surface area contributed by atoms with E-state index >= 15 is 0 Å². The van der Waals surface area contributed by atoms with E-state index in [1.54, 1.807) is 36.4 Å². The quantitative estimate of drug-likeness (QED) is 0.696. The monoisotopic (exact) mass is 389 g/mol. The summed E-state index contributed by atoms with van der Waals surface area (Å²) in [5, 5.41) is 9.06. The molecule has 0 spiro atoms. The fourth-order valence-electron chi connectivity index (χ4n) is 2.13. The number of methoxy groups -OCH3 is 1. The molecule has 0 radical (unpaired) electrons. The van der Waals surface area contributed by atoms with Crippen LogP contribution < -0.4 is 9.47 Å². The second kappa shape index (κ2) is 8.37. The topological polar surface area (TPSA) is 68.5 Å². The van der Waals surface area contributed by atoms with Crippen LogP contribution in [-0.2, 0) is 11.3 Å². The predicted octanol–water partition coefficient (Wildman–Crippen LogP) is 4.09. The van der Waals surface area contributed by atoms with Crippen molar-refractivity contribution >= 4 is 21.9 Å². The zero-order valence-electron chi connectivity index (χ0n) is 13.3. The van der Waals surface area contributed by atoms with Crippen molar-refractivity contribution in [3.05, 3.63) is 57.6 Å². The van der Waals surface area contributed by atoms with Crippen LogP contribution in [0, 0.1) is 11.3 Å². The molecule has 24 heavy (non-hydrogen) atoms. The van der Waals surface area contributed by atoms with Gasteiger partial charge in [-0.3, -0.25) is 0 Å². The van der Waals surface area contributed by atoms with Crippen LogP contribution in [0.15, 0.2) is 40.9 Å². The minimum Gasteiger partial charge on any atom is -0.492 e. The Hall–Kier alpha value is -2.52. The highest BCUT2D eigenvalue weighted by Gasteiger charge is 2.16. The molecule has 0 bridgehead atoms. The van der Waals surface area contributed by atoms with Crippen LogP contribution in [0.25, 0.3) is 0 Å². The molecule has 2 aromatic rings. The van der Waals surface area contributed by atoms with Gasteiger partial charge in [0.2, 0.25) is 0 Å². The molecule has 2 rings (SSSR count). The van der Waals surface area contributed by atoms with Crippen LogP contribution in [0.4, 0.5) is 0 Å². The van der Waals surface area contributed by atoms with Gasteiger partial charge in [-0.2, -0.15) is 5.26 Å². The first-order chi connectivity index (χ1) is 11.6. The van der Waals surface area contributed by atoms with Crippen molar-refractivity contribution in [3.63, 3.8) is 0 Å². The van der Waals surface area contributed by atoms with Gasteiger partial charge in [0.1, 0.15) is 6.61 Å². The molecule has 2 aromatic carbocycles. The molecular formula is C18H16BrNO4. The van der Waals surface area contributed by atoms with Gasteiger partial charge in [-0.1, -0.05) is 18.2 Å². The molecule has 0 aliphatic rings. The maximum atomic E-state index is 12.3. The summed E-state index contributed by atoms with van der Waals surface area (Å²) in [5.74, 6) is 0.467. The Morgan fingerprint density at radius 3 is 2.71 bits per heavy atom. The number of carbonyl (C=O) groups is 1. The van der Waals surface area contributed by atoms with Gasteiger partial charge in [0.15, 0.2) is 11.5 Å². The first-order valence-electron chi connectivity index (χ1n) is 7.26. The Labute approximate surface area is 148 Å². The largest absolute Gasteiger partial charge is 0.492 e. The third kappa shape index (κ3) is 4.06. The Morgan fingerprint density at radius 2 is 2.04 bits per heavy atom. The van der Waals surface area contributed by atoms with E-state index in [-0.39, 0.29) is 6.61 Å². The van der Waals surface area contributed by atoms with Crippen LogP contribution in [0.5, 0.6) is 11.5 Å². The van der Waals surface area contributed by atoms with E-state index in [0.29, 0.717) is 39.3 Å². The average Bonchev–Trinajstić information content (AvgIpc) is 2.60. The van der Waals surface area contributed by atoms with Crippen molar-refractivity contribution in [2.24, 2.45) is 0 Å². The maximum absolute atomic E-state index is 12.3. The molecule has 0 heterocycles. The summed E-state index contributed by atoms with van der Waals surface area (Å²) in [4.78, 5) is 12.3. The molecule has 0 aliphatic carbocycles. The summed E-state index contributed by atoms with van der Waals surface area (Å²) in [5.41, 5.74) is 1.47. The number of carbonyl (C=O) groups excluding carboxylic acids is 1. The van der Waals surface area contributed by atoms with Gasteiger partial charge < -0.3 is 14.2 Å². The summed E-state index contributed by atoms with van der Waals surface area (Å²) >= 11 is 3.36. The minimum atomic E-state index is -0.507. The molecule has 0 atom stereocenters. The Kier molecular flexibility index (Phi) is 6.21. The van der Waals surface area contributed by atoms with Gasteiger partial charge in [0.05, 0.1) is 35.4 Å². The lowest BCUT2D eigenvalue weighted by Crippen LogP contribution is -2.07. The van der Waals surface area contributed by atoms with Crippen molar-refractivity contribution in [2.45, 2.75) is 13.5 Å². The number of nitrogens with zero attached hydrogens (tertiary/aromatic N) is 1. The fourth-order valence-corrected chi connectivity index (χ4v) is 2.73. The van der Waals surface area contributed by atoms with E-state index in [4.69, 9.17) is 19.5 Å². The number of esters is 1. The van der Waals surface area contributed by atoms with Gasteiger partial charge in [0.25, 0.3) is 0 Å². The predicted molar refractivity (Wildman–Crippen MR) is 92.1 cm³/mol. The number of hydrogen-bond acceptors (Lipinski definition) is 5. The van der Waals surface area contributed by atoms with Crippen molar-refractivity contribution < 1.29 is 19.0 Å². The van der Waals surface area contributed by atoms with Gasteiger partial charge in [-0.05, 0) is 41.1 Å². The first kappa shape index (κ1) is 17.8. The summed E-state index contributed by atoms with van der Waals surface area (Å²) in [6.45, 7) is 2.31. The molecule has 5 nitrogen and oxygen atoms in total. The van der Waals surface area contributed by atoms with Gasteiger partial charge >= 0.3 is 5.97 Å². The molecule has 0 unspecified atom stereocenters. The third-order valence-electron chi connectivity index (χ3n) is 3.25. The van der Waals surface area contributed by atoms with Crippen LogP contribution in [0.2, 0.25) is 0 Å². The number of nitriles is 1. The lowest BCUT2D eigenvalue weighted by molar-refractivity contribution is 0.0472. The van der Waals surface area contributed by atoms with Gasteiger partial charge in [-0.15, -0.1) is 0 Å². The van der Waals surface area contributed by atoms with E-state index in [1.807, 2.05) is 6.92 Å². The highest BCUT2D eigenvalue weighted by Crippen LogP contribution is 2.36. The summed E-state index contributed by atoms with van der Waals surface area (Å²) < 4.78 is 16.7. The van der Waals surface area contributed by atoms with E-state index < -0.39 is 5.97 Å². The Bertz CT molecular complexity index is 783. The molecule has 0 N–H and O–H groups in total. The highest BCUT2D eigenvalue weighted by atomic mass is 79.9. The average molecular weight is 390 g/mol. The molecule has 0 amide bonds. The van der Waals surface area contributed by atoms with Crippen LogP contribution in [0.3, 0.4) is 0 Å². The molecule has 0 saturated carbocycles. The van der Waals surface area contributed by atoms with Crippen LogP contribution in [0.1, 0.15) is 28.4 Å². The second-order valence-corrected chi connectivity index (χ2v) is 5.62. The normalized spacial score (nSPS) is 9.92. The number of ether oxygens (including phenoxy) is 3. The van der Waals surface area contributed by atoms with Crippen LogP contribution >= 0.6 is 15.9 Å². The maximum Gasteiger partial charge on any atom is 0.338 e. The van der Waals surface area contributed by atoms with Crippen molar-refractivity contribution in [3.8, 4) is 17.6 Å². The molecule has 0 aromatic heterocycles. The first-order valence-corrected chi connectivity index (χ1v) is 8.05. The standard InChI is InChI=1S/C18H16BrNO4/c1-3-23-16-9-14(8-15(19)17(16)22-2)18(21)24-11-13-7-5-4-6-12(13)10-20/h4-9H,3,11H2,1-2H3. The molecular weight excluding hydrogens is 374 g/mol. The lowest BCUT2D eigenvalue weighted by Gasteiger charge is -2.13. The summed E-state index contributed by atoms with van der Waals surface area (Å²) in [6.07, 6.45) is 0. The Balaban J connectivity index is 2.19. The van der Waals surface area contributed by atoms with Crippen LogP contribution in [-0.4, -0.2) is 19.7 Å². The number of benzene rings is 2. The minimum absolute atomic E-state index is 0.0240. The summed E-state index contributed by atoms with van der Waals surface area (Å²) in [6, 6.07) is 12.2. The number of hydrogen-bond donors (Lipinski definition) is 0. The number of rotatable bonds is 6. The molecule has 6 heteroatoms. The zero-order valence-corrected chi connectivity index (χ0v) is 14.9. The zero-order chi connectivity index (χ0) is 17.5. The van der Waals surface area contributed by atoms with Crippen molar-refractivity contribution in [1.29, 1.82) is 5.26 Å². The lowest BCUT2D eigenvalue weighted by atomic mass is 10.1. The van der Waals surface area contributed by atoms with Gasteiger partial charge in [0, 0.05) is 5.56 Å². The highest BCUT2D eigenvalue weighted by molar-refractivity contribution is 9.10. The fraction of sp³-hybridized carbons (Fsp3) is 0.222. The molecule has 0 aliphatic heterocycles. The second-order valence-electron chi connectivity index (χ2n) is 4.77. The van der Waals surface area contributed by atoms with Gasteiger partial charge in [-0.25, -0.2) is 4.79 Å². The molecule has 0 fully saturated rings. The SMILES string of the molecule is CCOc1cc(C(=O)OCc2ccccc2C#N)cc(Br)c1OC. The van der Waals surface area contributed by atoms with E-state index in [0.717, 1.165) is 0 Å². The van der Waals surface area contributed by atoms with E-state index in [2.05, 4.69) is 22.0 Å². The summed E-state index contributed by atoms with van der Waals surface area (Å²) in [7, 11) is 1.53. The molecule has 124 valence electrons. The van der Waals surface area contributed by atoms with E-state index in [9.17, 15) is 4.79 Å². The van der Waals surface area contributed by atoms with Crippen molar-refractivity contribution in [2.75, 3.05) is 13.7 Å². The van der Waals surface area contributed by atoms with E-state index in [1.165, 1.54) is 7.11 Å². The smallest absolute Gasteiger partial charge is 0.338 e. The number of halogens is 1. The van der Waals surface area contributed by atoms with Crippen molar-refractivity contribution in [1.82, 2.24) is 0 Å². The Morgan fingerprint density at radius 1 is 1.29 bits per heavy atom. The third-order valence-corrected chi connectivity index (χ3v) is 3.83.